The van der Waals surface area contributed by atoms with E-state index in [1.54, 1.807) is 0 Å². The fourth-order valence-electron chi connectivity index (χ4n) is 3.51. The van der Waals surface area contributed by atoms with Crippen molar-refractivity contribution in [2.24, 2.45) is 0 Å². The number of likely N-dealkylation sites (tertiary alicyclic amines) is 1. The van der Waals surface area contributed by atoms with E-state index in [2.05, 4.69) is 46.2 Å². The van der Waals surface area contributed by atoms with Crippen LogP contribution in [0.4, 0.5) is 0 Å². The van der Waals surface area contributed by atoms with Gasteiger partial charge in [-0.25, -0.2) is 0 Å². The highest BCUT2D eigenvalue weighted by molar-refractivity contribution is 5.55. The number of nitrogens with zero attached hydrogens (tertiary/aromatic N) is 3. The van der Waals surface area contributed by atoms with Crippen LogP contribution in [0.3, 0.4) is 0 Å². The number of aliphatic hydroxyl groups excluding tert-OH is 1. The van der Waals surface area contributed by atoms with Crippen molar-refractivity contribution >= 4 is 0 Å². The van der Waals surface area contributed by atoms with Crippen molar-refractivity contribution in [2.75, 3.05) is 6.54 Å². The number of aryl methyl sites for hydroxylation is 2. The summed E-state index contributed by atoms with van der Waals surface area (Å²) >= 11 is 0. The lowest BCUT2D eigenvalue weighted by Gasteiger charge is -2.21. The van der Waals surface area contributed by atoms with E-state index < -0.39 is 0 Å². The van der Waals surface area contributed by atoms with Gasteiger partial charge in [0.25, 0.3) is 0 Å². The summed E-state index contributed by atoms with van der Waals surface area (Å²) in [4.78, 5) is 6.82. The Bertz CT molecular complexity index is 888. The quantitative estimate of drug-likeness (QED) is 0.779. The van der Waals surface area contributed by atoms with E-state index in [4.69, 9.17) is 4.52 Å². The summed E-state index contributed by atoms with van der Waals surface area (Å²) in [5, 5.41) is 14.3. The summed E-state index contributed by atoms with van der Waals surface area (Å²) in [5.41, 5.74) is 4.56. The lowest BCUT2D eigenvalue weighted by molar-refractivity contribution is 0.169. The molecule has 5 nitrogen and oxygen atoms in total. The van der Waals surface area contributed by atoms with Gasteiger partial charge < -0.3 is 9.63 Å². The topological polar surface area (TPSA) is 62.4 Å². The molecule has 0 amide bonds. The van der Waals surface area contributed by atoms with Gasteiger partial charge in [0.2, 0.25) is 11.7 Å². The molecule has 1 saturated heterocycles. The van der Waals surface area contributed by atoms with Gasteiger partial charge in [0.15, 0.2) is 0 Å². The second kappa shape index (κ2) is 7.02. The molecule has 4 rings (SSSR count). The van der Waals surface area contributed by atoms with Gasteiger partial charge in [-0.15, -0.1) is 0 Å². The predicted octanol–water partition coefficient (Wildman–Crippen LogP) is 3.66. The zero-order valence-corrected chi connectivity index (χ0v) is 15.1. The van der Waals surface area contributed by atoms with Crippen LogP contribution >= 0.6 is 0 Å². The first-order valence-corrected chi connectivity index (χ1v) is 8.97. The zero-order chi connectivity index (χ0) is 18.1. The van der Waals surface area contributed by atoms with Crippen LogP contribution in [0.1, 0.15) is 35.0 Å². The molecule has 3 aromatic rings. The van der Waals surface area contributed by atoms with Crippen molar-refractivity contribution in [1.29, 1.82) is 0 Å². The molecule has 2 heterocycles. The second-order valence-electron chi connectivity index (χ2n) is 7.15. The Hall–Kier alpha value is -2.50. The van der Waals surface area contributed by atoms with Gasteiger partial charge >= 0.3 is 0 Å². The van der Waals surface area contributed by atoms with Crippen molar-refractivity contribution in [3.8, 4) is 11.4 Å². The van der Waals surface area contributed by atoms with Crippen LogP contribution in [0.15, 0.2) is 53.1 Å². The number of aromatic nitrogens is 2. The molecule has 1 aromatic heterocycles. The summed E-state index contributed by atoms with van der Waals surface area (Å²) in [6.07, 6.45) is 0.237. The number of benzene rings is 2. The maximum absolute atomic E-state index is 10.2. The third-order valence-corrected chi connectivity index (χ3v) is 4.89. The smallest absolute Gasteiger partial charge is 0.244 e. The summed E-state index contributed by atoms with van der Waals surface area (Å²) in [6, 6.07) is 16.5. The predicted molar refractivity (Wildman–Crippen MR) is 99.4 cm³/mol. The molecule has 1 N–H and O–H groups in total. The second-order valence-corrected chi connectivity index (χ2v) is 7.15. The normalized spacial score (nSPS) is 20.6. The van der Waals surface area contributed by atoms with Gasteiger partial charge in [-0.3, -0.25) is 4.90 Å². The third kappa shape index (κ3) is 3.54. The van der Waals surface area contributed by atoms with Crippen LogP contribution in [0.25, 0.3) is 11.4 Å². The Labute approximate surface area is 153 Å². The molecule has 1 aliphatic heterocycles. The first-order chi connectivity index (χ1) is 12.6. The van der Waals surface area contributed by atoms with E-state index in [1.165, 1.54) is 11.1 Å². The van der Waals surface area contributed by atoms with Gasteiger partial charge in [-0.05, 0) is 31.9 Å². The first-order valence-electron chi connectivity index (χ1n) is 8.97. The van der Waals surface area contributed by atoms with E-state index in [9.17, 15) is 5.11 Å². The number of hydrogen-bond acceptors (Lipinski definition) is 5. The monoisotopic (exact) mass is 349 g/mol. The van der Waals surface area contributed by atoms with Crippen LogP contribution < -0.4 is 0 Å². The number of aliphatic hydroxyl groups is 1. The van der Waals surface area contributed by atoms with E-state index >= 15 is 0 Å². The molecule has 5 heteroatoms. The highest BCUT2D eigenvalue weighted by atomic mass is 16.5. The van der Waals surface area contributed by atoms with Crippen molar-refractivity contribution in [3.05, 3.63) is 71.1 Å². The van der Waals surface area contributed by atoms with Crippen LogP contribution in [0.5, 0.6) is 0 Å². The number of hydrogen-bond donors (Lipinski definition) is 1. The molecule has 0 saturated carbocycles. The molecule has 0 unspecified atom stereocenters. The summed E-state index contributed by atoms with van der Waals surface area (Å²) in [6.45, 7) is 5.49. The van der Waals surface area contributed by atoms with Crippen LogP contribution in [0.2, 0.25) is 0 Å². The van der Waals surface area contributed by atoms with Crippen molar-refractivity contribution < 1.29 is 9.63 Å². The van der Waals surface area contributed by atoms with E-state index in [-0.39, 0.29) is 12.1 Å². The van der Waals surface area contributed by atoms with Crippen LogP contribution in [0, 0.1) is 13.8 Å². The third-order valence-electron chi connectivity index (χ3n) is 4.89. The van der Waals surface area contributed by atoms with E-state index in [0.717, 1.165) is 17.7 Å². The minimum Gasteiger partial charge on any atom is -0.392 e. The highest BCUT2D eigenvalue weighted by Gasteiger charge is 2.35. The Morgan fingerprint density at radius 1 is 1.12 bits per heavy atom. The molecule has 26 heavy (non-hydrogen) atoms. The molecule has 0 bridgehead atoms. The zero-order valence-electron chi connectivity index (χ0n) is 15.1. The van der Waals surface area contributed by atoms with E-state index in [1.807, 2.05) is 31.2 Å². The number of β-amino-alcohol motifs (C(OH)–C–C–N with tert-alkyl or cyclic N) is 1. The lowest BCUT2D eigenvalue weighted by atomic mass is 10.1. The molecule has 134 valence electrons. The maximum atomic E-state index is 10.2. The average molecular weight is 349 g/mol. The van der Waals surface area contributed by atoms with Gasteiger partial charge in [-0.1, -0.05) is 58.7 Å². The summed E-state index contributed by atoms with van der Waals surface area (Å²) in [5.74, 6) is 1.17. The molecule has 2 atom stereocenters. The van der Waals surface area contributed by atoms with E-state index in [0.29, 0.717) is 24.7 Å². The largest absolute Gasteiger partial charge is 0.392 e. The van der Waals surface area contributed by atoms with Crippen molar-refractivity contribution in [1.82, 2.24) is 15.0 Å². The Balaban J connectivity index is 1.56. The fraction of sp³-hybridized carbons (Fsp3) is 0.333. The van der Waals surface area contributed by atoms with Gasteiger partial charge in [-0.2, -0.15) is 4.98 Å². The van der Waals surface area contributed by atoms with Crippen molar-refractivity contribution in [2.45, 2.75) is 39.0 Å². The molecule has 2 aromatic carbocycles. The summed E-state index contributed by atoms with van der Waals surface area (Å²) in [7, 11) is 0. The molecule has 1 aliphatic rings. The Morgan fingerprint density at radius 2 is 1.92 bits per heavy atom. The molecule has 0 aliphatic carbocycles. The highest BCUT2D eigenvalue weighted by Crippen LogP contribution is 2.33. The van der Waals surface area contributed by atoms with Gasteiger partial charge in [0.1, 0.15) is 0 Å². The first kappa shape index (κ1) is 16.9. The van der Waals surface area contributed by atoms with Crippen molar-refractivity contribution in [3.63, 3.8) is 0 Å². The molecule has 0 spiro atoms. The SMILES string of the molecule is Cc1ccc(CN2C[C@H](O)C[C@H]2c2nc(-c3cccc(C)c3)no2)cc1. The van der Waals surface area contributed by atoms with Crippen LogP contribution in [-0.4, -0.2) is 32.8 Å². The standard InChI is InChI=1S/C21H23N3O2/c1-14-6-8-16(9-7-14)12-24-13-18(25)11-19(24)21-22-20(23-26-21)17-5-3-4-15(2)10-17/h3-10,18-19,25H,11-13H2,1-2H3/t18-,19+/m1/s1. The minimum atomic E-state index is -0.375. The van der Waals surface area contributed by atoms with Gasteiger partial charge in [0, 0.05) is 18.7 Å². The Kier molecular flexibility index (Phi) is 4.57. The molecular weight excluding hydrogens is 326 g/mol. The van der Waals surface area contributed by atoms with Gasteiger partial charge in [0.05, 0.1) is 12.1 Å². The molecule has 1 fully saturated rings. The van der Waals surface area contributed by atoms with Crippen LogP contribution in [-0.2, 0) is 6.54 Å². The minimum absolute atomic E-state index is 0.0580. The summed E-state index contributed by atoms with van der Waals surface area (Å²) < 4.78 is 5.56. The molecular formula is C21H23N3O2. The fourth-order valence-corrected chi connectivity index (χ4v) is 3.51. The maximum Gasteiger partial charge on any atom is 0.244 e. The average Bonchev–Trinajstić information content (AvgIpc) is 3.24. The molecule has 0 radical (unpaired) electrons. The Morgan fingerprint density at radius 3 is 2.69 bits per heavy atom. The number of rotatable bonds is 4. The lowest BCUT2D eigenvalue weighted by Crippen LogP contribution is -2.24.